The van der Waals surface area contributed by atoms with Gasteiger partial charge in [-0.2, -0.15) is 0 Å². The van der Waals surface area contributed by atoms with Crippen LogP contribution >= 0.6 is 11.3 Å². The van der Waals surface area contributed by atoms with E-state index >= 15 is 0 Å². The molecule has 1 aromatic heterocycles. The Bertz CT molecular complexity index is 3210. The summed E-state index contributed by atoms with van der Waals surface area (Å²) in [7, 11) is 0. The van der Waals surface area contributed by atoms with Crippen molar-refractivity contribution in [1.29, 1.82) is 0 Å². The number of hydrogen-bond acceptors (Lipinski definition) is 2. The molecule has 1 nitrogen and oxygen atoms in total. The van der Waals surface area contributed by atoms with E-state index in [1.807, 2.05) is 11.3 Å². The molecule has 0 aliphatic heterocycles. The highest BCUT2D eigenvalue weighted by Gasteiger charge is 2.17. The molecule has 252 valence electrons. The first kappa shape index (κ1) is 30.8. The van der Waals surface area contributed by atoms with Crippen molar-refractivity contribution in [2.45, 2.75) is 0 Å². The number of anilines is 3. The second-order valence-corrected chi connectivity index (χ2v) is 15.2. The maximum absolute atomic E-state index is 2.41. The molecule has 0 fully saturated rings. The Hall–Kier alpha value is -6.74. The lowest BCUT2D eigenvalue weighted by Crippen LogP contribution is -2.10. The van der Waals surface area contributed by atoms with Gasteiger partial charge in [-0.3, -0.25) is 0 Å². The summed E-state index contributed by atoms with van der Waals surface area (Å²) in [6, 6.07) is 73.5. The standard InChI is InChI=1S/C52H33NS/c1-2-9-34(10-3-1)40-12-8-13-43(31-40)53(44-29-25-38-26-30-50-52(48(38)33-44)46-15-6-7-16-49(46)54-50)42-27-23-35(24-28-42)41-22-19-37-18-21-39-20-17-36-11-4-5-14-45(36)51(39)47(37)32-41/h1-33H. The monoisotopic (exact) mass is 703 g/mol. The van der Waals surface area contributed by atoms with E-state index in [0.717, 1.165) is 17.1 Å². The van der Waals surface area contributed by atoms with Crippen molar-refractivity contribution in [2.24, 2.45) is 0 Å². The summed E-state index contributed by atoms with van der Waals surface area (Å²) in [4.78, 5) is 2.41. The van der Waals surface area contributed by atoms with E-state index in [2.05, 4.69) is 205 Å². The third-order valence-electron chi connectivity index (χ3n) is 11.0. The molecule has 11 rings (SSSR count). The molecule has 1 heterocycles. The number of thiophene rings is 1. The minimum absolute atomic E-state index is 1.11. The van der Waals surface area contributed by atoms with Gasteiger partial charge >= 0.3 is 0 Å². The van der Waals surface area contributed by atoms with Crippen LogP contribution in [0.15, 0.2) is 200 Å². The fourth-order valence-electron chi connectivity index (χ4n) is 8.38. The maximum atomic E-state index is 2.41. The minimum Gasteiger partial charge on any atom is -0.310 e. The van der Waals surface area contributed by atoms with E-state index < -0.39 is 0 Å². The first-order valence-electron chi connectivity index (χ1n) is 18.5. The van der Waals surface area contributed by atoms with Gasteiger partial charge in [-0.25, -0.2) is 0 Å². The molecule has 2 heteroatoms. The first-order chi connectivity index (χ1) is 26.7. The summed E-state index contributed by atoms with van der Waals surface area (Å²) >= 11 is 1.87. The van der Waals surface area contributed by atoms with Gasteiger partial charge in [-0.05, 0) is 120 Å². The molecule has 0 amide bonds. The number of hydrogen-bond donors (Lipinski definition) is 0. The lowest BCUT2D eigenvalue weighted by Gasteiger charge is -2.27. The summed E-state index contributed by atoms with van der Waals surface area (Å²) in [5.74, 6) is 0. The highest BCUT2D eigenvalue weighted by molar-refractivity contribution is 7.26. The van der Waals surface area contributed by atoms with Crippen LogP contribution in [0.4, 0.5) is 17.1 Å². The largest absolute Gasteiger partial charge is 0.310 e. The van der Waals surface area contributed by atoms with Crippen molar-refractivity contribution >= 4 is 91.7 Å². The maximum Gasteiger partial charge on any atom is 0.0468 e. The Labute approximate surface area is 317 Å². The zero-order valence-electron chi connectivity index (χ0n) is 29.4. The van der Waals surface area contributed by atoms with Gasteiger partial charge in [0.2, 0.25) is 0 Å². The smallest absolute Gasteiger partial charge is 0.0468 e. The van der Waals surface area contributed by atoms with Crippen molar-refractivity contribution in [3.8, 4) is 22.3 Å². The Kier molecular flexibility index (Phi) is 7.11. The first-order valence-corrected chi connectivity index (χ1v) is 19.3. The molecule has 0 spiro atoms. The molecule has 0 saturated carbocycles. The molecule has 54 heavy (non-hydrogen) atoms. The predicted molar refractivity (Wildman–Crippen MR) is 235 cm³/mol. The van der Waals surface area contributed by atoms with Crippen LogP contribution in [0.2, 0.25) is 0 Å². The normalized spacial score (nSPS) is 11.7. The van der Waals surface area contributed by atoms with Crippen LogP contribution < -0.4 is 4.90 Å². The third-order valence-corrected chi connectivity index (χ3v) is 12.1. The number of rotatable bonds is 5. The molecule has 11 aromatic rings. The van der Waals surface area contributed by atoms with Crippen molar-refractivity contribution in [2.75, 3.05) is 4.90 Å². The highest BCUT2D eigenvalue weighted by Crippen LogP contribution is 2.43. The lowest BCUT2D eigenvalue weighted by atomic mass is 9.94. The van der Waals surface area contributed by atoms with E-state index in [1.165, 1.54) is 85.5 Å². The molecule has 0 radical (unpaired) electrons. The van der Waals surface area contributed by atoms with Gasteiger partial charge in [0.05, 0.1) is 0 Å². The molecule has 10 aromatic carbocycles. The molecule has 0 aliphatic carbocycles. The predicted octanol–water partition coefficient (Wildman–Crippen LogP) is 15.5. The number of fused-ring (bicyclic) bond motifs is 10. The molecular weight excluding hydrogens is 671 g/mol. The number of nitrogens with zero attached hydrogens (tertiary/aromatic N) is 1. The van der Waals surface area contributed by atoms with Crippen molar-refractivity contribution in [3.05, 3.63) is 200 Å². The Balaban J connectivity index is 1.07. The summed E-state index contributed by atoms with van der Waals surface area (Å²) in [6.45, 7) is 0. The van der Waals surface area contributed by atoms with Crippen LogP contribution in [-0.4, -0.2) is 0 Å². The molecule has 0 bridgehead atoms. The van der Waals surface area contributed by atoms with E-state index in [0.29, 0.717) is 0 Å². The topological polar surface area (TPSA) is 3.24 Å². The summed E-state index contributed by atoms with van der Waals surface area (Å²) in [6.07, 6.45) is 0. The van der Waals surface area contributed by atoms with Gasteiger partial charge in [0.1, 0.15) is 0 Å². The van der Waals surface area contributed by atoms with Crippen molar-refractivity contribution < 1.29 is 0 Å². The van der Waals surface area contributed by atoms with E-state index in [-0.39, 0.29) is 0 Å². The number of benzene rings is 10. The van der Waals surface area contributed by atoms with Crippen LogP contribution in [0.5, 0.6) is 0 Å². The van der Waals surface area contributed by atoms with Crippen molar-refractivity contribution in [1.82, 2.24) is 0 Å². The second kappa shape index (κ2) is 12.4. The molecule has 0 N–H and O–H groups in total. The third kappa shape index (κ3) is 5.07. The molecule has 0 unspecified atom stereocenters. The zero-order chi connectivity index (χ0) is 35.6. The lowest BCUT2D eigenvalue weighted by molar-refractivity contribution is 1.29. The minimum atomic E-state index is 1.11. The fraction of sp³-hybridized carbons (Fsp3) is 0. The van der Waals surface area contributed by atoms with Crippen LogP contribution in [0.25, 0.3) is 85.5 Å². The van der Waals surface area contributed by atoms with Gasteiger partial charge in [0.25, 0.3) is 0 Å². The van der Waals surface area contributed by atoms with Crippen LogP contribution in [0.1, 0.15) is 0 Å². The summed E-state index contributed by atoms with van der Waals surface area (Å²) in [5.41, 5.74) is 8.17. The molecular formula is C52H33NS. The molecule has 0 aliphatic rings. The highest BCUT2D eigenvalue weighted by atomic mass is 32.1. The van der Waals surface area contributed by atoms with Gasteiger partial charge in [-0.15, -0.1) is 11.3 Å². The van der Waals surface area contributed by atoms with Gasteiger partial charge < -0.3 is 4.90 Å². The van der Waals surface area contributed by atoms with E-state index in [9.17, 15) is 0 Å². The molecule has 0 saturated heterocycles. The Morgan fingerprint density at radius 3 is 1.69 bits per heavy atom. The van der Waals surface area contributed by atoms with E-state index in [4.69, 9.17) is 0 Å². The average molecular weight is 704 g/mol. The van der Waals surface area contributed by atoms with Gasteiger partial charge in [-0.1, -0.05) is 146 Å². The average Bonchev–Trinajstić information content (AvgIpc) is 3.63. The summed E-state index contributed by atoms with van der Waals surface area (Å²) < 4.78 is 2.64. The fourth-order valence-corrected chi connectivity index (χ4v) is 9.50. The Morgan fingerprint density at radius 1 is 0.278 bits per heavy atom. The van der Waals surface area contributed by atoms with Gasteiger partial charge in [0.15, 0.2) is 0 Å². The summed E-state index contributed by atoms with van der Waals surface area (Å²) in [5, 5.41) is 12.9. The quantitative estimate of drug-likeness (QED) is 0.161. The Morgan fingerprint density at radius 2 is 0.833 bits per heavy atom. The van der Waals surface area contributed by atoms with E-state index in [1.54, 1.807) is 0 Å². The SMILES string of the molecule is c1ccc(-c2cccc(N(c3ccc(-c4ccc5ccc6ccc7ccccc7c6c5c4)cc3)c3ccc4ccc5sc6ccccc6c5c4c3)c2)cc1. The van der Waals surface area contributed by atoms with Crippen LogP contribution in [0.3, 0.4) is 0 Å². The van der Waals surface area contributed by atoms with Crippen molar-refractivity contribution in [3.63, 3.8) is 0 Å². The second-order valence-electron chi connectivity index (χ2n) is 14.1. The van der Waals surface area contributed by atoms with Crippen LogP contribution in [-0.2, 0) is 0 Å². The molecule has 0 atom stereocenters. The van der Waals surface area contributed by atoms with Gasteiger partial charge in [0, 0.05) is 37.2 Å². The van der Waals surface area contributed by atoms with Crippen LogP contribution in [0, 0.1) is 0 Å². The zero-order valence-corrected chi connectivity index (χ0v) is 30.2.